The van der Waals surface area contributed by atoms with Gasteiger partial charge in [-0.25, -0.2) is 4.79 Å². The Morgan fingerprint density at radius 2 is 1.52 bits per heavy atom. The molecule has 144 valence electrons. The molecule has 0 aromatic carbocycles. The third-order valence-electron chi connectivity index (χ3n) is 2.77. The Bertz CT molecular complexity index is 499. The van der Waals surface area contributed by atoms with Crippen LogP contribution >= 0.6 is 0 Å². The zero-order valence-electron chi connectivity index (χ0n) is 16.2. The number of carboxylic acids is 1. The fourth-order valence-electron chi connectivity index (χ4n) is 1.81. The summed E-state index contributed by atoms with van der Waals surface area (Å²) in [6, 6.07) is -0.404. The number of carbonyl (C=O) groups excluding carboxylic acids is 2. The third kappa shape index (κ3) is 13.0. The maximum atomic E-state index is 11.7. The van der Waals surface area contributed by atoms with E-state index in [9.17, 15) is 19.5 Å². The van der Waals surface area contributed by atoms with E-state index in [1.807, 2.05) is 0 Å². The van der Waals surface area contributed by atoms with Gasteiger partial charge in [0.15, 0.2) is 0 Å². The lowest BCUT2D eigenvalue weighted by Gasteiger charge is -2.21. The molecule has 0 aromatic rings. The summed E-state index contributed by atoms with van der Waals surface area (Å²) in [5, 5.41) is 11.8. The molecule has 7 heteroatoms. The molecule has 0 fully saturated rings. The standard InChI is InChI=1S/C18H31NO6/c1-12(19-16(23)25-18(5,6)7)8-9-13(15(21)22)10-11-14(20)24-17(2,3)4/h8-9,12-13H,10-11H2,1-7H3,(H,19,23)(H,21,22)/t12?,13-/m1/s1. The van der Waals surface area contributed by atoms with Crippen molar-refractivity contribution in [3.63, 3.8) is 0 Å². The van der Waals surface area contributed by atoms with Crippen LogP contribution in [0, 0.1) is 5.92 Å². The second-order valence-corrected chi connectivity index (χ2v) is 7.89. The van der Waals surface area contributed by atoms with Crippen LogP contribution in [-0.4, -0.2) is 40.4 Å². The van der Waals surface area contributed by atoms with E-state index in [4.69, 9.17) is 9.47 Å². The summed E-state index contributed by atoms with van der Waals surface area (Å²) in [7, 11) is 0. The molecule has 0 heterocycles. The highest BCUT2D eigenvalue weighted by Gasteiger charge is 2.21. The minimum absolute atomic E-state index is 0.00640. The van der Waals surface area contributed by atoms with Crippen molar-refractivity contribution in [3.05, 3.63) is 12.2 Å². The Morgan fingerprint density at radius 1 is 1.00 bits per heavy atom. The predicted molar refractivity (Wildman–Crippen MR) is 94.2 cm³/mol. The van der Waals surface area contributed by atoms with Crippen LogP contribution in [0.1, 0.15) is 61.3 Å². The number of carbonyl (C=O) groups is 3. The van der Waals surface area contributed by atoms with E-state index in [-0.39, 0.29) is 12.8 Å². The van der Waals surface area contributed by atoms with Crippen molar-refractivity contribution in [2.45, 2.75) is 78.6 Å². The van der Waals surface area contributed by atoms with E-state index in [2.05, 4.69) is 5.32 Å². The Kier molecular flexibility index (Phi) is 8.66. The van der Waals surface area contributed by atoms with Gasteiger partial charge in [0.05, 0.1) is 5.92 Å². The maximum absolute atomic E-state index is 11.7. The SMILES string of the molecule is CC(C=C[C@H](CCC(=O)OC(C)(C)C)C(=O)O)NC(=O)OC(C)(C)C. The monoisotopic (exact) mass is 357 g/mol. The minimum atomic E-state index is -1.04. The van der Waals surface area contributed by atoms with Gasteiger partial charge < -0.3 is 19.9 Å². The number of esters is 1. The number of alkyl carbamates (subject to hydrolysis) is 1. The molecule has 2 N–H and O–H groups in total. The molecule has 0 aliphatic carbocycles. The molecule has 0 saturated carbocycles. The normalized spacial score (nSPS) is 14.7. The van der Waals surface area contributed by atoms with E-state index < -0.39 is 41.2 Å². The number of rotatable bonds is 7. The maximum Gasteiger partial charge on any atom is 0.408 e. The number of hydrogen-bond acceptors (Lipinski definition) is 5. The fourth-order valence-corrected chi connectivity index (χ4v) is 1.81. The Balaban J connectivity index is 4.55. The third-order valence-corrected chi connectivity index (χ3v) is 2.77. The lowest BCUT2D eigenvalue weighted by Crippen LogP contribution is -2.36. The van der Waals surface area contributed by atoms with Crippen molar-refractivity contribution in [3.8, 4) is 0 Å². The molecule has 0 spiro atoms. The predicted octanol–water partition coefficient (Wildman–Crippen LogP) is 3.28. The number of nitrogens with one attached hydrogen (secondary N) is 1. The quantitative estimate of drug-likeness (QED) is 0.535. The highest BCUT2D eigenvalue weighted by Crippen LogP contribution is 2.14. The average Bonchev–Trinajstić information content (AvgIpc) is 2.33. The molecule has 0 rings (SSSR count). The molecule has 0 aliphatic rings. The molecule has 0 bridgehead atoms. The summed E-state index contributed by atoms with van der Waals surface area (Å²) in [6.07, 6.45) is 2.59. The van der Waals surface area contributed by atoms with Crippen LogP contribution < -0.4 is 5.32 Å². The Labute approximate surface area is 149 Å². The molecule has 0 aromatic heterocycles. The summed E-state index contributed by atoms with van der Waals surface area (Å²) in [4.78, 5) is 34.6. The van der Waals surface area contributed by atoms with Crippen LogP contribution in [0.2, 0.25) is 0 Å². The van der Waals surface area contributed by atoms with Gasteiger partial charge in [0.25, 0.3) is 0 Å². The van der Waals surface area contributed by atoms with Crippen molar-refractivity contribution < 1.29 is 29.0 Å². The summed E-state index contributed by atoms with van der Waals surface area (Å²) in [5.74, 6) is -2.31. The largest absolute Gasteiger partial charge is 0.481 e. The molecule has 2 atom stereocenters. The number of ether oxygens (including phenoxy) is 2. The first-order chi connectivity index (χ1) is 11.2. The smallest absolute Gasteiger partial charge is 0.408 e. The van der Waals surface area contributed by atoms with Crippen LogP contribution in [0.25, 0.3) is 0 Å². The molecule has 0 radical (unpaired) electrons. The molecular formula is C18H31NO6. The van der Waals surface area contributed by atoms with Crippen molar-refractivity contribution in [2.24, 2.45) is 5.92 Å². The molecule has 0 saturated heterocycles. The van der Waals surface area contributed by atoms with E-state index in [1.54, 1.807) is 54.5 Å². The summed E-state index contributed by atoms with van der Waals surface area (Å²) in [6.45, 7) is 12.2. The molecule has 0 aliphatic heterocycles. The van der Waals surface area contributed by atoms with Gasteiger partial charge in [-0.2, -0.15) is 0 Å². The number of amides is 1. The fraction of sp³-hybridized carbons (Fsp3) is 0.722. The Hall–Kier alpha value is -2.05. The van der Waals surface area contributed by atoms with E-state index in [0.717, 1.165) is 0 Å². The van der Waals surface area contributed by atoms with E-state index in [1.165, 1.54) is 6.08 Å². The lowest BCUT2D eigenvalue weighted by atomic mass is 10.0. The second-order valence-electron chi connectivity index (χ2n) is 7.89. The average molecular weight is 357 g/mol. The van der Waals surface area contributed by atoms with Gasteiger partial charge in [-0.05, 0) is 54.9 Å². The minimum Gasteiger partial charge on any atom is -0.481 e. The zero-order valence-corrected chi connectivity index (χ0v) is 16.2. The first-order valence-electron chi connectivity index (χ1n) is 8.32. The van der Waals surface area contributed by atoms with Crippen LogP contribution in [0.4, 0.5) is 4.79 Å². The summed E-state index contributed by atoms with van der Waals surface area (Å²) in [5.41, 5.74) is -1.21. The molecule has 1 amide bonds. The highest BCUT2D eigenvalue weighted by atomic mass is 16.6. The van der Waals surface area contributed by atoms with Crippen molar-refractivity contribution in [2.75, 3.05) is 0 Å². The number of carboxylic acid groups (broad SMARTS) is 1. The first-order valence-corrected chi connectivity index (χ1v) is 8.32. The van der Waals surface area contributed by atoms with Gasteiger partial charge >= 0.3 is 18.0 Å². The van der Waals surface area contributed by atoms with Crippen LogP contribution in [-0.2, 0) is 19.1 Å². The van der Waals surface area contributed by atoms with Crippen molar-refractivity contribution in [1.82, 2.24) is 5.32 Å². The van der Waals surface area contributed by atoms with Gasteiger partial charge in [-0.15, -0.1) is 0 Å². The van der Waals surface area contributed by atoms with Gasteiger partial charge in [0.1, 0.15) is 11.2 Å². The second kappa shape index (κ2) is 9.44. The number of hydrogen-bond donors (Lipinski definition) is 2. The molecule has 7 nitrogen and oxygen atoms in total. The zero-order chi connectivity index (χ0) is 19.8. The van der Waals surface area contributed by atoms with Crippen LogP contribution in [0.3, 0.4) is 0 Å². The van der Waals surface area contributed by atoms with Crippen molar-refractivity contribution >= 4 is 18.0 Å². The van der Waals surface area contributed by atoms with Gasteiger partial charge in [-0.3, -0.25) is 9.59 Å². The van der Waals surface area contributed by atoms with Gasteiger partial charge in [0.2, 0.25) is 0 Å². The highest BCUT2D eigenvalue weighted by molar-refractivity contribution is 5.74. The molecular weight excluding hydrogens is 326 g/mol. The van der Waals surface area contributed by atoms with E-state index in [0.29, 0.717) is 0 Å². The molecule has 1 unspecified atom stereocenters. The van der Waals surface area contributed by atoms with Crippen LogP contribution in [0.15, 0.2) is 12.2 Å². The first kappa shape index (κ1) is 22.9. The number of aliphatic carboxylic acids is 1. The lowest BCUT2D eigenvalue weighted by molar-refractivity contribution is -0.155. The van der Waals surface area contributed by atoms with Gasteiger partial charge in [-0.1, -0.05) is 12.2 Å². The summed E-state index contributed by atoms with van der Waals surface area (Å²) < 4.78 is 10.3. The topological polar surface area (TPSA) is 102 Å². The Morgan fingerprint density at radius 3 is 1.96 bits per heavy atom. The van der Waals surface area contributed by atoms with Crippen molar-refractivity contribution in [1.29, 1.82) is 0 Å². The van der Waals surface area contributed by atoms with Gasteiger partial charge in [0, 0.05) is 12.5 Å². The van der Waals surface area contributed by atoms with Crippen LogP contribution in [0.5, 0.6) is 0 Å². The molecule has 25 heavy (non-hydrogen) atoms. The van der Waals surface area contributed by atoms with E-state index >= 15 is 0 Å². The summed E-state index contributed by atoms with van der Waals surface area (Å²) >= 11 is 0.